The van der Waals surface area contributed by atoms with Crippen molar-refractivity contribution in [3.63, 3.8) is 0 Å². The Bertz CT molecular complexity index is 380. The number of amides is 1. The molecule has 0 aliphatic heterocycles. The second kappa shape index (κ2) is 4.84. The molecule has 0 saturated carbocycles. The normalized spacial score (nSPS) is 12.3. The van der Waals surface area contributed by atoms with E-state index in [0.29, 0.717) is 6.42 Å². The maximum atomic E-state index is 11.8. The summed E-state index contributed by atoms with van der Waals surface area (Å²) in [6.45, 7) is 6.97. The van der Waals surface area contributed by atoms with Crippen LogP contribution in [0.15, 0.2) is 24.5 Å². The fourth-order valence-electron chi connectivity index (χ4n) is 1.23. The molecule has 1 aromatic heterocycles. The number of nitrogens with zero attached hydrogens (tertiary/aromatic N) is 1. The molecule has 2 N–H and O–H groups in total. The smallest absolute Gasteiger partial charge is 0.224 e. The van der Waals surface area contributed by atoms with E-state index in [1.807, 2.05) is 0 Å². The number of aliphatic hydroxyl groups is 1. The number of aromatic nitrogens is 1. The van der Waals surface area contributed by atoms with E-state index in [9.17, 15) is 9.90 Å². The predicted octanol–water partition coefficient (Wildman–Crippen LogP) is 1.29. The largest absolute Gasteiger partial charge is 0.388 e. The Morgan fingerprint density at radius 2 is 1.82 bits per heavy atom. The fourth-order valence-corrected chi connectivity index (χ4v) is 1.23. The van der Waals surface area contributed by atoms with E-state index in [2.05, 4.69) is 10.3 Å². The van der Waals surface area contributed by atoms with Crippen molar-refractivity contribution in [3.8, 4) is 0 Å². The molecular formula is C13H20N2O2. The summed E-state index contributed by atoms with van der Waals surface area (Å²) in [5.41, 5.74) is -0.734. The number of rotatable bonds is 4. The van der Waals surface area contributed by atoms with E-state index in [-0.39, 0.29) is 5.91 Å². The van der Waals surface area contributed by atoms with Crippen molar-refractivity contribution in [3.05, 3.63) is 30.1 Å². The Morgan fingerprint density at radius 3 is 2.29 bits per heavy atom. The van der Waals surface area contributed by atoms with Crippen LogP contribution in [0.25, 0.3) is 0 Å². The molecule has 1 aromatic rings. The van der Waals surface area contributed by atoms with Crippen molar-refractivity contribution in [2.24, 2.45) is 0 Å². The van der Waals surface area contributed by atoms with Crippen molar-refractivity contribution in [2.75, 3.05) is 0 Å². The standard InChI is InChI=1S/C13H20N2O2/c1-12(2,13(3,4)17)15-11(16)9-10-5-7-14-8-6-10/h5-8,17H,9H2,1-4H3,(H,15,16). The molecule has 0 spiro atoms. The minimum atomic E-state index is -0.971. The van der Waals surface area contributed by atoms with Crippen LogP contribution in [0.3, 0.4) is 0 Å². The second-order valence-electron chi connectivity index (χ2n) is 5.26. The maximum absolute atomic E-state index is 11.8. The number of carbonyl (C=O) groups is 1. The molecule has 1 amide bonds. The first-order chi connectivity index (χ1) is 7.72. The highest BCUT2D eigenvalue weighted by atomic mass is 16.3. The third-order valence-electron chi connectivity index (χ3n) is 3.10. The van der Waals surface area contributed by atoms with Gasteiger partial charge in [-0.25, -0.2) is 0 Å². The number of pyridine rings is 1. The van der Waals surface area contributed by atoms with E-state index in [0.717, 1.165) is 5.56 Å². The van der Waals surface area contributed by atoms with Gasteiger partial charge in [0.25, 0.3) is 0 Å². The highest BCUT2D eigenvalue weighted by molar-refractivity contribution is 5.79. The SMILES string of the molecule is CC(C)(O)C(C)(C)NC(=O)Cc1ccncc1. The van der Waals surface area contributed by atoms with Gasteiger partial charge in [0.15, 0.2) is 0 Å². The molecule has 0 atom stereocenters. The van der Waals surface area contributed by atoms with Crippen LogP contribution in [-0.4, -0.2) is 27.1 Å². The molecular weight excluding hydrogens is 216 g/mol. The highest BCUT2D eigenvalue weighted by Gasteiger charge is 2.36. The quantitative estimate of drug-likeness (QED) is 0.828. The van der Waals surface area contributed by atoms with Gasteiger partial charge in [0.2, 0.25) is 5.91 Å². The Balaban J connectivity index is 2.62. The van der Waals surface area contributed by atoms with E-state index < -0.39 is 11.1 Å². The van der Waals surface area contributed by atoms with Crippen molar-refractivity contribution in [2.45, 2.75) is 45.3 Å². The van der Waals surface area contributed by atoms with Gasteiger partial charge in [0.05, 0.1) is 17.6 Å². The van der Waals surface area contributed by atoms with Gasteiger partial charge < -0.3 is 10.4 Å². The van der Waals surface area contributed by atoms with E-state index >= 15 is 0 Å². The number of carbonyl (C=O) groups excluding carboxylic acids is 1. The van der Waals surface area contributed by atoms with Gasteiger partial charge in [-0.2, -0.15) is 0 Å². The molecule has 1 rings (SSSR count). The number of nitrogens with one attached hydrogen (secondary N) is 1. The van der Waals surface area contributed by atoms with Crippen LogP contribution in [0.1, 0.15) is 33.3 Å². The Kier molecular flexibility index (Phi) is 3.88. The van der Waals surface area contributed by atoms with Gasteiger partial charge in [-0.05, 0) is 45.4 Å². The first-order valence-corrected chi connectivity index (χ1v) is 5.65. The molecule has 4 nitrogen and oxygen atoms in total. The third kappa shape index (κ3) is 3.82. The van der Waals surface area contributed by atoms with Gasteiger partial charge in [0.1, 0.15) is 0 Å². The molecule has 0 fully saturated rings. The predicted molar refractivity (Wildman–Crippen MR) is 66.5 cm³/mol. The summed E-state index contributed by atoms with van der Waals surface area (Å²) in [6.07, 6.45) is 3.61. The Morgan fingerprint density at radius 1 is 1.29 bits per heavy atom. The van der Waals surface area contributed by atoms with Crippen molar-refractivity contribution < 1.29 is 9.90 Å². The molecule has 17 heavy (non-hydrogen) atoms. The highest BCUT2D eigenvalue weighted by Crippen LogP contribution is 2.20. The first kappa shape index (κ1) is 13.6. The summed E-state index contributed by atoms with van der Waals surface area (Å²) in [6, 6.07) is 3.60. The van der Waals surface area contributed by atoms with Crippen LogP contribution in [-0.2, 0) is 11.2 Å². The number of hydrogen-bond donors (Lipinski definition) is 2. The molecule has 0 aromatic carbocycles. The van der Waals surface area contributed by atoms with Gasteiger partial charge in [0, 0.05) is 12.4 Å². The zero-order valence-electron chi connectivity index (χ0n) is 10.8. The Hall–Kier alpha value is -1.42. The van der Waals surface area contributed by atoms with E-state index in [1.54, 1.807) is 52.2 Å². The molecule has 0 aliphatic carbocycles. The minimum absolute atomic E-state index is 0.108. The molecule has 0 radical (unpaired) electrons. The minimum Gasteiger partial charge on any atom is -0.388 e. The van der Waals surface area contributed by atoms with Gasteiger partial charge >= 0.3 is 0 Å². The average molecular weight is 236 g/mol. The van der Waals surface area contributed by atoms with Crippen LogP contribution in [0, 0.1) is 0 Å². The number of hydrogen-bond acceptors (Lipinski definition) is 3. The van der Waals surface area contributed by atoms with Crippen molar-refractivity contribution >= 4 is 5.91 Å². The average Bonchev–Trinajstić information content (AvgIpc) is 2.16. The van der Waals surface area contributed by atoms with Crippen LogP contribution in [0.2, 0.25) is 0 Å². The van der Waals surface area contributed by atoms with Crippen LogP contribution < -0.4 is 5.32 Å². The lowest BCUT2D eigenvalue weighted by atomic mass is 9.86. The lowest BCUT2D eigenvalue weighted by molar-refractivity contribution is -0.125. The summed E-state index contributed by atoms with van der Waals surface area (Å²) < 4.78 is 0. The fraction of sp³-hybridized carbons (Fsp3) is 0.538. The molecule has 0 saturated heterocycles. The molecule has 0 unspecified atom stereocenters. The monoisotopic (exact) mass is 236 g/mol. The van der Waals surface area contributed by atoms with Gasteiger partial charge in [-0.1, -0.05) is 0 Å². The van der Waals surface area contributed by atoms with Gasteiger partial charge in [-0.15, -0.1) is 0 Å². The summed E-state index contributed by atoms with van der Waals surface area (Å²) in [7, 11) is 0. The zero-order chi connectivity index (χ0) is 13.1. The maximum Gasteiger partial charge on any atom is 0.224 e. The van der Waals surface area contributed by atoms with E-state index in [4.69, 9.17) is 0 Å². The third-order valence-corrected chi connectivity index (χ3v) is 3.10. The molecule has 1 heterocycles. The van der Waals surface area contributed by atoms with Crippen LogP contribution in [0.4, 0.5) is 0 Å². The van der Waals surface area contributed by atoms with Gasteiger partial charge in [-0.3, -0.25) is 9.78 Å². The molecule has 0 bridgehead atoms. The Labute approximate surface area is 102 Å². The van der Waals surface area contributed by atoms with Crippen LogP contribution in [0.5, 0.6) is 0 Å². The zero-order valence-corrected chi connectivity index (χ0v) is 10.8. The summed E-state index contributed by atoms with van der Waals surface area (Å²) in [5, 5.41) is 12.8. The van der Waals surface area contributed by atoms with Crippen molar-refractivity contribution in [1.82, 2.24) is 10.3 Å². The molecule has 4 heteroatoms. The topological polar surface area (TPSA) is 62.2 Å². The second-order valence-corrected chi connectivity index (χ2v) is 5.26. The van der Waals surface area contributed by atoms with Crippen molar-refractivity contribution in [1.29, 1.82) is 0 Å². The van der Waals surface area contributed by atoms with Crippen LogP contribution >= 0.6 is 0 Å². The molecule has 94 valence electrons. The lowest BCUT2D eigenvalue weighted by Crippen LogP contribution is -2.58. The summed E-state index contributed by atoms with van der Waals surface area (Å²) in [5.74, 6) is -0.108. The molecule has 0 aliphatic rings. The summed E-state index contributed by atoms with van der Waals surface area (Å²) in [4.78, 5) is 15.7. The van der Waals surface area contributed by atoms with E-state index in [1.165, 1.54) is 0 Å². The lowest BCUT2D eigenvalue weighted by Gasteiger charge is -2.38. The summed E-state index contributed by atoms with van der Waals surface area (Å²) >= 11 is 0. The first-order valence-electron chi connectivity index (χ1n) is 5.65.